The molecule has 0 bridgehead atoms. The van der Waals surface area contributed by atoms with Gasteiger partial charge in [-0.05, 0) is 32.2 Å². The number of thiazole rings is 1. The zero-order valence-electron chi connectivity index (χ0n) is 15.4. The van der Waals surface area contributed by atoms with Gasteiger partial charge in [0.1, 0.15) is 5.01 Å². The number of aromatic nitrogens is 1. The van der Waals surface area contributed by atoms with E-state index in [9.17, 15) is 4.79 Å². The van der Waals surface area contributed by atoms with Gasteiger partial charge in [-0.3, -0.25) is 9.69 Å². The predicted molar refractivity (Wildman–Crippen MR) is 106 cm³/mol. The summed E-state index contributed by atoms with van der Waals surface area (Å²) in [6.07, 6.45) is 7.41. The molecule has 4 rings (SSSR count). The van der Waals surface area contributed by atoms with E-state index in [1.165, 1.54) is 23.3 Å². The molecular formula is C21H27N3OS. The number of hydrogen-bond acceptors (Lipinski definition) is 4. The van der Waals surface area contributed by atoms with E-state index in [4.69, 9.17) is 0 Å². The van der Waals surface area contributed by atoms with Crippen LogP contribution in [0.15, 0.2) is 36.5 Å². The van der Waals surface area contributed by atoms with Gasteiger partial charge in [0.15, 0.2) is 0 Å². The van der Waals surface area contributed by atoms with Crippen LogP contribution < -0.4 is 0 Å². The van der Waals surface area contributed by atoms with Crippen LogP contribution >= 0.6 is 11.3 Å². The Morgan fingerprint density at radius 3 is 2.73 bits per heavy atom. The van der Waals surface area contributed by atoms with Gasteiger partial charge < -0.3 is 4.90 Å². The fourth-order valence-corrected chi connectivity index (χ4v) is 5.43. The maximum atomic E-state index is 12.3. The first-order valence-electron chi connectivity index (χ1n) is 9.80. The third kappa shape index (κ3) is 3.55. The van der Waals surface area contributed by atoms with Crippen LogP contribution in [0.5, 0.6) is 0 Å². The standard InChI is InChI=1S/C21H27N3OS/c1-2-20(25)24-13-7-11-19(24)18-10-6-12-23(18)15-17-14-22-21(26-17)16-8-4-3-5-9-16/h3-5,8-9,14,18-19H,2,6-7,10-13,15H2,1H3/t18-,19+/m1/s1. The summed E-state index contributed by atoms with van der Waals surface area (Å²) in [5.74, 6) is 0.323. The number of amides is 1. The van der Waals surface area contributed by atoms with Crippen molar-refractivity contribution < 1.29 is 4.79 Å². The number of carbonyl (C=O) groups is 1. The molecule has 0 aliphatic carbocycles. The van der Waals surface area contributed by atoms with Crippen LogP contribution in [-0.2, 0) is 11.3 Å². The molecule has 5 heteroatoms. The van der Waals surface area contributed by atoms with Gasteiger partial charge in [-0.2, -0.15) is 0 Å². The average Bonchev–Trinajstić information content (AvgIpc) is 3.42. The van der Waals surface area contributed by atoms with Crippen molar-refractivity contribution in [2.45, 2.75) is 57.7 Å². The second-order valence-corrected chi connectivity index (χ2v) is 8.44. The molecular weight excluding hydrogens is 342 g/mol. The minimum atomic E-state index is 0.323. The van der Waals surface area contributed by atoms with Gasteiger partial charge in [-0.25, -0.2) is 4.98 Å². The SMILES string of the molecule is CCC(=O)N1CCC[C@H]1[C@H]1CCCN1Cc1cnc(-c2ccccc2)s1. The Hall–Kier alpha value is -1.72. The monoisotopic (exact) mass is 369 g/mol. The van der Waals surface area contributed by atoms with Crippen molar-refractivity contribution in [2.24, 2.45) is 0 Å². The van der Waals surface area contributed by atoms with Crippen LogP contribution in [-0.4, -0.2) is 45.9 Å². The van der Waals surface area contributed by atoms with Crippen LogP contribution in [0.4, 0.5) is 0 Å². The van der Waals surface area contributed by atoms with E-state index < -0.39 is 0 Å². The van der Waals surface area contributed by atoms with Gasteiger partial charge in [0.2, 0.25) is 5.91 Å². The lowest BCUT2D eigenvalue weighted by Crippen LogP contribution is -2.47. The van der Waals surface area contributed by atoms with E-state index >= 15 is 0 Å². The quantitative estimate of drug-likeness (QED) is 0.793. The zero-order chi connectivity index (χ0) is 17.9. The van der Waals surface area contributed by atoms with Gasteiger partial charge in [-0.1, -0.05) is 37.3 Å². The molecule has 26 heavy (non-hydrogen) atoms. The summed E-state index contributed by atoms with van der Waals surface area (Å²) < 4.78 is 0. The topological polar surface area (TPSA) is 36.4 Å². The van der Waals surface area contributed by atoms with Crippen molar-refractivity contribution in [3.63, 3.8) is 0 Å². The Morgan fingerprint density at radius 1 is 1.15 bits per heavy atom. The van der Waals surface area contributed by atoms with E-state index in [1.807, 2.05) is 19.2 Å². The highest BCUT2D eigenvalue weighted by atomic mass is 32.1. The molecule has 2 aromatic rings. The molecule has 0 radical (unpaired) electrons. The van der Waals surface area contributed by atoms with E-state index in [1.54, 1.807) is 11.3 Å². The van der Waals surface area contributed by atoms with Gasteiger partial charge in [-0.15, -0.1) is 11.3 Å². The van der Waals surface area contributed by atoms with E-state index in [0.717, 1.165) is 37.5 Å². The molecule has 0 N–H and O–H groups in total. The van der Waals surface area contributed by atoms with E-state index in [2.05, 4.69) is 39.0 Å². The summed E-state index contributed by atoms with van der Waals surface area (Å²) in [7, 11) is 0. The summed E-state index contributed by atoms with van der Waals surface area (Å²) in [5.41, 5.74) is 1.19. The number of nitrogens with zero attached hydrogens (tertiary/aromatic N) is 3. The maximum absolute atomic E-state index is 12.3. The highest BCUT2D eigenvalue weighted by molar-refractivity contribution is 7.15. The Balaban J connectivity index is 1.46. The summed E-state index contributed by atoms with van der Waals surface area (Å²) in [6.45, 7) is 5.01. The van der Waals surface area contributed by atoms with Crippen LogP contribution in [0.3, 0.4) is 0 Å². The normalized spacial score (nSPS) is 23.7. The highest BCUT2D eigenvalue weighted by Crippen LogP contribution is 2.33. The van der Waals surface area contributed by atoms with Crippen molar-refractivity contribution >= 4 is 17.2 Å². The third-order valence-electron chi connectivity index (χ3n) is 5.71. The summed E-state index contributed by atoms with van der Waals surface area (Å²) in [4.78, 5) is 23.0. The molecule has 2 atom stereocenters. The molecule has 1 aromatic carbocycles. The zero-order valence-corrected chi connectivity index (χ0v) is 16.3. The van der Waals surface area contributed by atoms with Crippen LogP contribution in [0.2, 0.25) is 0 Å². The lowest BCUT2D eigenvalue weighted by Gasteiger charge is -2.34. The van der Waals surface area contributed by atoms with Crippen molar-refractivity contribution in [3.05, 3.63) is 41.4 Å². The van der Waals surface area contributed by atoms with Gasteiger partial charge in [0, 0.05) is 48.2 Å². The van der Waals surface area contributed by atoms with Gasteiger partial charge in [0.25, 0.3) is 0 Å². The Kier molecular flexibility index (Phi) is 5.36. The molecule has 1 aromatic heterocycles. The Labute approximate surface area is 159 Å². The minimum absolute atomic E-state index is 0.323. The second-order valence-electron chi connectivity index (χ2n) is 7.33. The lowest BCUT2D eigenvalue weighted by atomic mass is 10.0. The molecule has 2 aliphatic heterocycles. The first-order chi connectivity index (χ1) is 12.8. The highest BCUT2D eigenvalue weighted by Gasteiger charge is 2.39. The molecule has 2 saturated heterocycles. The number of benzene rings is 1. The molecule has 4 nitrogen and oxygen atoms in total. The van der Waals surface area contributed by atoms with E-state index in [-0.39, 0.29) is 0 Å². The van der Waals surface area contributed by atoms with Crippen LogP contribution in [0.1, 0.15) is 43.9 Å². The number of rotatable bonds is 5. The molecule has 0 unspecified atom stereocenters. The largest absolute Gasteiger partial charge is 0.338 e. The molecule has 1 amide bonds. The summed E-state index contributed by atoms with van der Waals surface area (Å²) in [5, 5.41) is 1.10. The summed E-state index contributed by atoms with van der Waals surface area (Å²) >= 11 is 1.80. The van der Waals surface area contributed by atoms with Crippen molar-refractivity contribution in [2.75, 3.05) is 13.1 Å². The number of hydrogen-bond donors (Lipinski definition) is 0. The number of carbonyl (C=O) groups excluding carboxylic acids is 1. The predicted octanol–water partition coefficient (Wildman–Crippen LogP) is 4.18. The van der Waals surface area contributed by atoms with Gasteiger partial charge in [0.05, 0.1) is 0 Å². The molecule has 0 saturated carbocycles. The fraction of sp³-hybridized carbons (Fsp3) is 0.524. The second kappa shape index (κ2) is 7.89. The minimum Gasteiger partial charge on any atom is -0.338 e. The molecule has 2 fully saturated rings. The van der Waals surface area contributed by atoms with Gasteiger partial charge >= 0.3 is 0 Å². The lowest BCUT2D eigenvalue weighted by molar-refractivity contribution is -0.132. The first kappa shape index (κ1) is 17.7. The summed E-state index contributed by atoms with van der Waals surface area (Å²) in [6, 6.07) is 11.3. The Morgan fingerprint density at radius 2 is 1.92 bits per heavy atom. The molecule has 2 aliphatic rings. The molecule has 138 valence electrons. The first-order valence-corrected chi connectivity index (χ1v) is 10.6. The molecule has 3 heterocycles. The fourth-order valence-electron chi connectivity index (χ4n) is 4.48. The van der Waals surface area contributed by atoms with Crippen LogP contribution in [0.25, 0.3) is 10.6 Å². The molecule has 0 spiro atoms. The van der Waals surface area contributed by atoms with Crippen LogP contribution in [0, 0.1) is 0 Å². The van der Waals surface area contributed by atoms with Crippen molar-refractivity contribution in [3.8, 4) is 10.6 Å². The number of likely N-dealkylation sites (tertiary alicyclic amines) is 2. The smallest absolute Gasteiger partial charge is 0.222 e. The van der Waals surface area contributed by atoms with Crippen molar-refractivity contribution in [1.29, 1.82) is 0 Å². The van der Waals surface area contributed by atoms with E-state index in [0.29, 0.717) is 24.4 Å². The Bertz CT molecular complexity index is 745. The van der Waals surface area contributed by atoms with Crippen molar-refractivity contribution in [1.82, 2.24) is 14.8 Å². The third-order valence-corrected chi connectivity index (χ3v) is 6.74. The maximum Gasteiger partial charge on any atom is 0.222 e. The average molecular weight is 370 g/mol.